The standard InChI is InChI=1S/C11H15N/c1-4-11(12-3)10-7-5-9(2)6-8-10/h4-8,11-12H,1H2,2-3H3/t11-/m0/s1. The highest BCUT2D eigenvalue weighted by Gasteiger charge is 2.01. The van der Waals surface area contributed by atoms with Crippen molar-refractivity contribution >= 4 is 0 Å². The van der Waals surface area contributed by atoms with Gasteiger partial charge >= 0.3 is 0 Å². The van der Waals surface area contributed by atoms with Crippen LogP contribution in [0.1, 0.15) is 17.2 Å². The van der Waals surface area contributed by atoms with Crippen LogP contribution in [-0.4, -0.2) is 7.05 Å². The van der Waals surface area contributed by atoms with Gasteiger partial charge in [-0.25, -0.2) is 0 Å². The van der Waals surface area contributed by atoms with Gasteiger partial charge in [0.1, 0.15) is 0 Å². The molecule has 0 heterocycles. The summed E-state index contributed by atoms with van der Waals surface area (Å²) in [4.78, 5) is 0. The van der Waals surface area contributed by atoms with Crippen LogP contribution in [0.3, 0.4) is 0 Å². The lowest BCUT2D eigenvalue weighted by Gasteiger charge is -2.11. The van der Waals surface area contributed by atoms with E-state index in [1.54, 1.807) is 0 Å². The summed E-state index contributed by atoms with van der Waals surface area (Å²) in [5, 5.41) is 3.17. The molecule has 0 aliphatic rings. The zero-order chi connectivity index (χ0) is 8.97. The molecule has 0 saturated heterocycles. The molecule has 64 valence electrons. The van der Waals surface area contributed by atoms with E-state index in [4.69, 9.17) is 0 Å². The van der Waals surface area contributed by atoms with Gasteiger partial charge in [-0.3, -0.25) is 0 Å². The summed E-state index contributed by atoms with van der Waals surface area (Å²) < 4.78 is 0. The Bertz CT molecular complexity index is 248. The van der Waals surface area contributed by atoms with Crippen molar-refractivity contribution < 1.29 is 0 Å². The van der Waals surface area contributed by atoms with E-state index >= 15 is 0 Å². The molecule has 0 bridgehead atoms. The molecule has 1 heteroatoms. The van der Waals surface area contributed by atoms with Crippen LogP contribution in [0.2, 0.25) is 0 Å². The summed E-state index contributed by atoms with van der Waals surface area (Å²) in [6.07, 6.45) is 1.91. The normalized spacial score (nSPS) is 12.5. The summed E-state index contributed by atoms with van der Waals surface area (Å²) in [6.45, 7) is 5.86. The smallest absolute Gasteiger partial charge is 0.0501 e. The van der Waals surface area contributed by atoms with Crippen molar-refractivity contribution in [1.29, 1.82) is 0 Å². The maximum absolute atomic E-state index is 3.77. The Hall–Kier alpha value is -1.08. The van der Waals surface area contributed by atoms with E-state index in [0.717, 1.165) is 0 Å². The van der Waals surface area contributed by atoms with E-state index in [0.29, 0.717) is 0 Å². The van der Waals surface area contributed by atoms with Crippen LogP contribution in [0.25, 0.3) is 0 Å². The van der Waals surface area contributed by atoms with Crippen LogP contribution in [0.5, 0.6) is 0 Å². The quantitative estimate of drug-likeness (QED) is 0.671. The van der Waals surface area contributed by atoms with Gasteiger partial charge in [-0.05, 0) is 19.5 Å². The van der Waals surface area contributed by atoms with E-state index in [1.807, 2.05) is 13.1 Å². The minimum absolute atomic E-state index is 0.269. The fourth-order valence-corrected chi connectivity index (χ4v) is 1.19. The Morgan fingerprint density at radius 3 is 2.33 bits per heavy atom. The summed E-state index contributed by atoms with van der Waals surface area (Å²) >= 11 is 0. The monoisotopic (exact) mass is 161 g/mol. The van der Waals surface area contributed by atoms with Crippen molar-refractivity contribution in [1.82, 2.24) is 5.32 Å². The Balaban J connectivity index is 2.87. The van der Waals surface area contributed by atoms with Gasteiger partial charge in [0, 0.05) is 0 Å². The van der Waals surface area contributed by atoms with Gasteiger partial charge in [0.15, 0.2) is 0 Å². The molecule has 1 rings (SSSR count). The van der Waals surface area contributed by atoms with Gasteiger partial charge in [0.05, 0.1) is 6.04 Å². The maximum atomic E-state index is 3.77. The van der Waals surface area contributed by atoms with Crippen LogP contribution in [-0.2, 0) is 0 Å². The minimum Gasteiger partial charge on any atom is -0.310 e. The van der Waals surface area contributed by atoms with Gasteiger partial charge in [-0.15, -0.1) is 6.58 Å². The maximum Gasteiger partial charge on any atom is 0.0501 e. The molecule has 0 aliphatic carbocycles. The summed E-state index contributed by atoms with van der Waals surface area (Å²) in [7, 11) is 1.94. The van der Waals surface area contributed by atoms with Crippen LogP contribution < -0.4 is 5.32 Å². The zero-order valence-electron chi connectivity index (χ0n) is 7.67. The van der Waals surface area contributed by atoms with Crippen molar-refractivity contribution in [2.24, 2.45) is 0 Å². The number of benzene rings is 1. The lowest BCUT2D eigenvalue weighted by atomic mass is 10.1. The average molecular weight is 161 g/mol. The van der Waals surface area contributed by atoms with Crippen molar-refractivity contribution in [2.45, 2.75) is 13.0 Å². The third-order valence-electron chi connectivity index (χ3n) is 1.98. The predicted molar refractivity (Wildman–Crippen MR) is 53.2 cm³/mol. The molecule has 0 radical (unpaired) electrons. The zero-order valence-corrected chi connectivity index (χ0v) is 7.67. The first-order chi connectivity index (χ1) is 5.77. The number of hydrogen-bond donors (Lipinski definition) is 1. The molecule has 1 N–H and O–H groups in total. The molecule has 0 spiro atoms. The number of rotatable bonds is 3. The highest BCUT2D eigenvalue weighted by molar-refractivity contribution is 5.26. The lowest BCUT2D eigenvalue weighted by molar-refractivity contribution is 0.716. The van der Waals surface area contributed by atoms with E-state index in [1.165, 1.54) is 11.1 Å². The first-order valence-corrected chi connectivity index (χ1v) is 4.14. The summed E-state index contributed by atoms with van der Waals surface area (Å²) in [5.41, 5.74) is 2.55. The number of aryl methyl sites for hydroxylation is 1. The minimum atomic E-state index is 0.269. The molecule has 1 atom stereocenters. The molecule has 0 fully saturated rings. The summed E-state index contributed by atoms with van der Waals surface area (Å²) in [5.74, 6) is 0. The summed E-state index contributed by atoms with van der Waals surface area (Å²) in [6, 6.07) is 8.74. The molecule has 0 aliphatic heterocycles. The first kappa shape index (κ1) is 9.01. The van der Waals surface area contributed by atoms with Crippen LogP contribution >= 0.6 is 0 Å². The molecular formula is C11H15N. The molecule has 12 heavy (non-hydrogen) atoms. The second kappa shape index (κ2) is 4.07. The third-order valence-corrected chi connectivity index (χ3v) is 1.98. The third kappa shape index (κ3) is 1.95. The molecule has 1 aromatic rings. The Morgan fingerprint density at radius 1 is 1.33 bits per heavy atom. The molecule has 0 aromatic heterocycles. The van der Waals surface area contributed by atoms with Crippen LogP contribution in [0, 0.1) is 6.92 Å². The SMILES string of the molecule is C=C[C@H](NC)c1ccc(C)cc1. The van der Waals surface area contributed by atoms with Gasteiger partial charge in [-0.2, -0.15) is 0 Å². The second-order valence-corrected chi connectivity index (χ2v) is 2.91. The van der Waals surface area contributed by atoms with Crippen molar-refractivity contribution in [2.75, 3.05) is 7.05 Å². The van der Waals surface area contributed by atoms with Crippen LogP contribution in [0.15, 0.2) is 36.9 Å². The van der Waals surface area contributed by atoms with Crippen molar-refractivity contribution in [3.8, 4) is 0 Å². The molecule has 0 saturated carbocycles. The molecule has 0 unspecified atom stereocenters. The molecule has 0 amide bonds. The molecular weight excluding hydrogens is 146 g/mol. The average Bonchev–Trinajstić information content (AvgIpc) is 2.10. The fourth-order valence-electron chi connectivity index (χ4n) is 1.19. The van der Waals surface area contributed by atoms with E-state index in [2.05, 4.69) is 43.1 Å². The topological polar surface area (TPSA) is 12.0 Å². The fraction of sp³-hybridized carbons (Fsp3) is 0.273. The first-order valence-electron chi connectivity index (χ1n) is 4.14. The molecule has 1 aromatic carbocycles. The second-order valence-electron chi connectivity index (χ2n) is 2.91. The lowest BCUT2D eigenvalue weighted by Crippen LogP contribution is -2.13. The highest BCUT2D eigenvalue weighted by atomic mass is 14.9. The van der Waals surface area contributed by atoms with E-state index < -0.39 is 0 Å². The Kier molecular flexibility index (Phi) is 3.06. The van der Waals surface area contributed by atoms with Crippen molar-refractivity contribution in [3.63, 3.8) is 0 Å². The van der Waals surface area contributed by atoms with E-state index in [9.17, 15) is 0 Å². The number of likely N-dealkylation sites (N-methyl/N-ethyl adjacent to an activating group) is 1. The molecule has 1 nitrogen and oxygen atoms in total. The van der Waals surface area contributed by atoms with Gasteiger partial charge in [0.25, 0.3) is 0 Å². The largest absolute Gasteiger partial charge is 0.310 e. The predicted octanol–water partition coefficient (Wildman–Crippen LogP) is 2.44. The van der Waals surface area contributed by atoms with Crippen molar-refractivity contribution in [3.05, 3.63) is 48.0 Å². The van der Waals surface area contributed by atoms with Gasteiger partial charge in [0.2, 0.25) is 0 Å². The highest BCUT2D eigenvalue weighted by Crippen LogP contribution is 2.13. The number of nitrogens with one attached hydrogen (secondary N) is 1. The van der Waals surface area contributed by atoms with E-state index in [-0.39, 0.29) is 6.04 Å². The number of hydrogen-bond acceptors (Lipinski definition) is 1. The van der Waals surface area contributed by atoms with Gasteiger partial charge < -0.3 is 5.32 Å². The Morgan fingerprint density at radius 2 is 1.92 bits per heavy atom. The van der Waals surface area contributed by atoms with Gasteiger partial charge in [-0.1, -0.05) is 35.9 Å². The Labute approximate surface area is 74.1 Å². The van der Waals surface area contributed by atoms with Crippen LogP contribution in [0.4, 0.5) is 0 Å².